The van der Waals surface area contributed by atoms with Crippen molar-refractivity contribution >= 4 is 11.8 Å². The van der Waals surface area contributed by atoms with Gasteiger partial charge in [0, 0.05) is 32.9 Å². The van der Waals surface area contributed by atoms with Crippen LogP contribution < -0.4 is 11.1 Å². The molecule has 0 saturated heterocycles. The fourth-order valence-electron chi connectivity index (χ4n) is 2.34. The quantitative estimate of drug-likeness (QED) is 0.797. The SMILES string of the molecule is CNC(=O)c1ccc(C(=O)N(CCN)CCc2ccccc2)cn1. The van der Waals surface area contributed by atoms with Gasteiger partial charge in [0.1, 0.15) is 5.69 Å². The van der Waals surface area contributed by atoms with E-state index in [4.69, 9.17) is 5.73 Å². The summed E-state index contributed by atoms with van der Waals surface area (Å²) in [6, 6.07) is 13.1. The van der Waals surface area contributed by atoms with E-state index in [0.717, 1.165) is 6.42 Å². The van der Waals surface area contributed by atoms with Gasteiger partial charge >= 0.3 is 0 Å². The number of aromatic nitrogens is 1. The van der Waals surface area contributed by atoms with Crippen LogP contribution in [-0.2, 0) is 6.42 Å². The average molecular weight is 326 g/mol. The summed E-state index contributed by atoms with van der Waals surface area (Å²) in [7, 11) is 1.54. The van der Waals surface area contributed by atoms with Crippen LogP contribution in [0.15, 0.2) is 48.7 Å². The Bertz CT molecular complexity index is 671. The van der Waals surface area contributed by atoms with Gasteiger partial charge in [-0.15, -0.1) is 0 Å². The molecular formula is C18H22N4O2. The zero-order valence-electron chi connectivity index (χ0n) is 13.7. The fourth-order valence-corrected chi connectivity index (χ4v) is 2.34. The normalized spacial score (nSPS) is 10.2. The van der Waals surface area contributed by atoms with Crippen molar-refractivity contribution in [3.05, 3.63) is 65.5 Å². The Morgan fingerprint density at radius 2 is 1.88 bits per heavy atom. The second-order valence-electron chi connectivity index (χ2n) is 5.33. The zero-order chi connectivity index (χ0) is 17.4. The molecule has 1 heterocycles. The molecule has 0 atom stereocenters. The monoisotopic (exact) mass is 326 g/mol. The van der Waals surface area contributed by atoms with Crippen molar-refractivity contribution in [3.8, 4) is 0 Å². The van der Waals surface area contributed by atoms with Crippen LogP contribution in [0.2, 0.25) is 0 Å². The molecule has 1 aromatic heterocycles. The van der Waals surface area contributed by atoms with Crippen molar-refractivity contribution in [2.45, 2.75) is 6.42 Å². The van der Waals surface area contributed by atoms with Crippen LogP contribution in [0.5, 0.6) is 0 Å². The Labute approximate surface area is 141 Å². The maximum atomic E-state index is 12.6. The minimum absolute atomic E-state index is 0.132. The highest BCUT2D eigenvalue weighted by Gasteiger charge is 2.16. The first-order valence-corrected chi connectivity index (χ1v) is 7.87. The highest BCUT2D eigenvalue weighted by Crippen LogP contribution is 2.08. The van der Waals surface area contributed by atoms with E-state index >= 15 is 0 Å². The molecule has 6 nitrogen and oxygen atoms in total. The van der Waals surface area contributed by atoms with Crippen molar-refractivity contribution in [3.63, 3.8) is 0 Å². The molecule has 0 radical (unpaired) electrons. The van der Waals surface area contributed by atoms with Gasteiger partial charge in [0.2, 0.25) is 0 Å². The third-order valence-corrected chi connectivity index (χ3v) is 3.67. The first-order valence-electron chi connectivity index (χ1n) is 7.87. The summed E-state index contributed by atoms with van der Waals surface area (Å²) in [5.74, 6) is -0.413. The Morgan fingerprint density at radius 3 is 2.46 bits per heavy atom. The van der Waals surface area contributed by atoms with Gasteiger partial charge < -0.3 is 16.0 Å². The fraction of sp³-hybridized carbons (Fsp3) is 0.278. The van der Waals surface area contributed by atoms with Crippen LogP contribution >= 0.6 is 0 Å². The van der Waals surface area contributed by atoms with Gasteiger partial charge in [0.25, 0.3) is 11.8 Å². The second-order valence-corrected chi connectivity index (χ2v) is 5.33. The summed E-state index contributed by atoms with van der Waals surface area (Å²) in [4.78, 5) is 29.9. The van der Waals surface area contributed by atoms with E-state index < -0.39 is 0 Å². The number of pyridine rings is 1. The van der Waals surface area contributed by atoms with E-state index in [1.165, 1.54) is 18.8 Å². The number of rotatable bonds is 7. The molecule has 0 unspecified atom stereocenters. The summed E-state index contributed by atoms with van der Waals surface area (Å²) >= 11 is 0. The molecule has 0 aliphatic heterocycles. The van der Waals surface area contributed by atoms with Gasteiger partial charge in [-0.05, 0) is 24.1 Å². The maximum Gasteiger partial charge on any atom is 0.269 e. The molecule has 0 bridgehead atoms. The summed E-state index contributed by atoms with van der Waals surface area (Å²) in [5, 5.41) is 2.50. The molecule has 0 aliphatic rings. The molecule has 3 N–H and O–H groups in total. The number of carbonyl (C=O) groups is 2. The third-order valence-electron chi connectivity index (χ3n) is 3.67. The predicted molar refractivity (Wildman–Crippen MR) is 92.7 cm³/mol. The molecule has 0 aliphatic carbocycles. The number of nitrogens with one attached hydrogen (secondary N) is 1. The number of benzene rings is 1. The van der Waals surface area contributed by atoms with Crippen LogP contribution in [0, 0.1) is 0 Å². The van der Waals surface area contributed by atoms with Crippen molar-refractivity contribution in [2.24, 2.45) is 5.73 Å². The molecule has 0 spiro atoms. The maximum absolute atomic E-state index is 12.6. The van der Waals surface area contributed by atoms with Crippen LogP contribution in [0.1, 0.15) is 26.4 Å². The molecule has 0 saturated carbocycles. The van der Waals surface area contributed by atoms with Gasteiger partial charge in [-0.2, -0.15) is 0 Å². The lowest BCUT2D eigenvalue weighted by Crippen LogP contribution is -2.37. The molecule has 2 rings (SSSR count). The molecule has 6 heteroatoms. The smallest absolute Gasteiger partial charge is 0.269 e. The van der Waals surface area contributed by atoms with Crippen LogP contribution in [0.25, 0.3) is 0 Å². The Kier molecular flexibility index (Phi) is 6.45. The van der Waals surface area contributed by atoms with E-state index in [1.807, 2.05) is 30.3 Å². The van der Waals surface area contributed by atoms with Gasteiger partial charge in [-0.1, -0.05) is 30.3 Å². The average Bonchev–Trinajstić information content (AvgIpc) is 2.65. The first kappa shape index (κ1) is 17.6. The number of nitrogens with zero attached hydrogens (tertiary/aromatic N) is 2. The van der Waals surface area contributed by atoms with Crippen molar-refractivity contribution in [2.75, 3.05) is 26.7 Å². The van der Waals surface area contributed by atoms with E-state index in [1.54, 1.807) is 17.0 Å². The van der Waals surface area contributed by atoms with E-state index in [2.05, 4.69) is 10.3 Å². The number of hydrogen-bond acceptors (Lipinski definition) is 4. The summed E-state index contributed by atoms with van der Waals surface area (Å²) in [6.07, 6.45) is 2.19. The molecular weight excluding hydrogens is 304 g/mol. The van der Waals surface area contributed by atoms with Crippen molar-refractivity contribution in [1.29, 1.82) is 0 Å². The highest BCUT2D eigenvalue weighted by molar-refractivity contribution is 5.96. The topological polar surface area (TPSA) is 88.3 Å². The largest absolute Gasteiger partial charge is 0.354 e. The molecule has 24 heavy (non-hydrogen) atoms. The lowest BCUT2D eigenvalue weighted by Gasteiger charge is -2.22. The molecule has 2 amide bonds. The molecule has 126 valence electrons. The minimum atomic E-state index is -0.281. The third kappa shape index (κ3) is 4.63. The molecule has 1 aromatic carbocycles. The standard InChI is InChI=1S/C18H22N4O2/c1-20-17(23)16-8-7-15(13-21-16)18(24)22(12-10-19)11-9-14-5-3-2-4-6-14/h2-8,13H,9-12,19H2,1H3,(H,20,23). The van der Waals surface area contributed by atoms with Gasteiger partial charge in [0.15, 0.2) is 0 Å². The molecule has 2 aromatic rings. The lowest BCUT2D eigenvalue weighted by atomic mass is 10.1. The van der Waals surface area contributed by atoms with Crippen LogP contribution in [0.3, 0.4) is 0 Å². The van der Waals surface area contributed by atoms with Gasteiger partial charge in [-0.3, -0.25) is 14.6 Å². The number of amides is 2. The summed E-state index contributed by atoms with van der Waals surface area (Å²) in [5.41, 5.74) is 7.53. The Hall–Kier alpha value is -2.73. The number of nitrogens with two attached hydrogens (primary N) is 1. The lowest BCUT2D eigenvalue weighted by molar-refractivity contribution is 0.0761. The Morgan fingerprint density at radius 1 is 1.12 bits per heavy atom. The minimum Gasteiger partial charge on any atom is -0.354 e. The van der Waals surface area contributed by atoms with Gasteiger partial charge in [0.05, 0.1) is 5.56 Å². The van der Waals surface area contributed by atoms with Crippen LogP contribution in [0.4, 0.5) is 0 Å². The van der Waals surface area contributed by atoms with Crippen LogP contribution in [-0.4, -0.2) is 48.4 Å². The van der Waals surface area contributed by atoms with Gasteiger partial charge in [-0.25, -0.2) is 0 Å². The number of carbonyl (C=O) groups excluding carboxylic acids is 2. The Balaban J connectivity index is 2.06. The summed E-state index contributed by atoms with van der Waals surface area (Å²) < 4.78 is 0. The number of hydrogen-bond donors (Lipinski definition) is 2. The predicted octanol–water partition coefficient (Wildman–Crippen LogP) is 1.08. The van der Waals surface area contributed by atoms with Crippen molar-refractivity contribution < 1.29 is 9.59 Å². The first-order chi connectivity index (χ1) is 11.7. The zero-order valence-corrected chi connectivity index (χ0v) is 13.7. The van der Waals surface area contributed by atoms with E-state index in [-0.39, 0.29) is 17.5 Å². The summed E-state index contributed by atoms with van der Waals surface area (Å²) in [6.45, 7) is 1.45. The van der Waals surface area contributed by atoms with E-state index in [0.29, 0.717) is 25.2 Å². The highest BCUT2D eigenvalue weighted by atomic mass is 16.2. The second kappa shape index (κ2) is 8.79. The van der Waals surface area contributed by atoms with E-state index in [9.17, 15) is 9.59 Å². The molecule has 0 fully saturated rings. The van der Waals surface area contributed by atoms with Crippen molar-refractivity contribution in [1.82, 2.24) is 15.2 Å².